The molecule has 0 spiro atoms. The molecule has 2 bridgehead atoms. The first-order valence-corrected chi connectivity index (χ1v) is 7.57. The van der Waals surface area contributed by atoms with Crippen molar-refractivity contribution in [3.8, 4) is 0 Å². The molecule has 0 aromatic rings. The Morgan fingerprint density at radius 3 is 2.53 bits per heavy atom. The predicted molar refractivity (Wildman–Crippen MR) is 65.1 cm³/mol. The van der Waals surface area contributed by atoms with Crippen LogP contribution in [-0.2, 0) is 10.8 Å². The number of rotatable bonds is 4. The van der Waals surface area contributed by atoms with Gasteiger partial charge in [0.1, 0.15) is 0 Å². The third-order valence-corrected chi connectivity index (χ3v) is 5.68. The maximum absolute atomic E-state index is 11.9. The van der Waals surface area contributed by atoms with Crippen molar-refractivity contribution in [1.29, 1.82) is 0 Å². The molecule has 4 unspecified atom stereocenters. The third kappa shape index (κ3) is 3.04. The van der Waals surface area contributed by atoms with Crippen molar-refractivity contribution in [2.24, 2.45) is 23.5 Å². The summed E-state index contributed by atoms with van der Waals surface area (Å²) in [6.45, 7) is 3.93. The van der Waals surface area contributed by atoms with Crippen molar-refractivity contribution < 1.29 is 4.21 Å². The Labute approximate surface area is 95.5 Å². The first-order valence-electron chi connectivity index (χ1n) is 6.08. The van der Waals surface area contributed by atoms with Gasteiger partial charge in [-0.05, 0) is 50.9 Å². The van der Waals surface area contributed by atoms with Crippen LogP contribution in [0.25, 0.3) is 0 Å². The number of hydrogen-bond acceptors (Lipinski definition) is 2. The SMILES string of the molecule is CC(C)(N)CS(=O)CC1CC2CCC1C2. The second-order valence-electron chi connectivity index (χ2n) is 6.17. The van der Waals surface area contributed by atoms with E-state index in [0.29, 0.717) is 5.75 Å². The summed E-state index contributed by atoms with van der Waals surface area (Å²) in [6.07, 6.45) is 5.56. The molecule has 15 heavy (non-hydrogen) atoms. The van der Waals surface area contributed by atoms with Gasteiger partial charge >= 0.3 is 0 Å². The minimum atomic E-state index is -0.706. The van der Waals surface area contributed by atoms with Crippen LogP contribution in [0.1, 0.15) is 39.5 Å². The van der Waals surface area contributed by atoms with Gasteiger partial charge in [0.25, 0.3) is 0 Å². The maximum atomic E-state index is 11.9. The summed E-state index contributed by atoms with van der Waals surface area (Å²) in [5.74, 6) is 4.15. The zero-order valence-corrected chi connectivity index (χ0v) is 10.7. The lowest BCUT2D eigenvalue weighted by Gasteiger charge is -2.23. The van der Waals surface area contributed by atoms with Gasteiger partial charge in [0.2, 0.25) is 0 Å². The van der Waals surface area contributed by atoms with E-state index in [4.69, 9.17) is 5.73 Å². The molecule has 0 aliphatic heterocycles. The fourth-order valence-electron chi connectivity index (χ4n) is 3.29. The van der Waals surface area contributed by atoms with Crippen LogP contribution in [0.15, 0.2) is 0 Å². The predicted octanol–water partition coefficient (Wildman–Crippen LogP) is 1.91. The molecule has 2 N–H and O–H groups in total. The Bertz CT molecular complexity index is 259. The van der Waals surface area contributed by atoms with Gasteiger partial charge in [-0.15, -0.1) is 0 Å². The number of nitrogens with two attached hydrogens (primary N) is 1. The molecule has 4 atom stereocenters. The molecule has 2 rings (SSSR count). The first kappa shape index (κ1) is 11.6. The molecule has 0 amide bonds. The van der Waals surface area contributed by atoms with E-state index in [1.165, 1.54) is 25.7 Å². The first-order chi connectivity index (χ1) is 6.94. The molecule has 2 saturated carbocycles. The Balaban J connectivity index is 1.80. The van der Waals surface area contributed by atoms with E-state index in [-0.39, 0.29) is 5.54 Å². The van der Waals surface area contributed by atoms with Crippen LogP contribution >= 0.6 is 0 Å². The average Bonchev–Trinajstić information content (AvgIpc) is 2.60. The minimum absolute atomic E-state index is 0.275. The summed E-state index contributed by atoms with van der Waals surface area (Å²) in [5.41, 5.74) is 5.62. The van der Waals surface area contributed by atoms with Crippen molar-refractivity contribution >= 4 is 10.8 Å². The van der Waals surface area contributed by atoms with E-state index in [0.717, 1.165) is 23.5 Å². The lowest BCUT2D eigenvalue weighted by atomic mass is 9.90. The second kappa shape index (κ2) is 4.17. The van der Waals surface area contributed by atoms with Crippen molar-refractivity contribution in [2.45, 2.75) is 45.1 Å². The van der Waals surface area contributed by atoms with E-state index >= 15 is 0 Å². The van der Waals surface area contributed by atoms with Gasteiger partial charge < -0.3 is 5.73 Å². The lowest BCUT2D eigenvalue weighted by Crippen LogP contribution is -2.39. The molecule has 0 radical (unpaired) electrons. The fraction of sp³-hybridized carbons (Fsp3) is 1.00. The molecular formula is C12H23NOS. The van der Waals surface area contributed by atoms with E-state index in [9.17, 15) is 4.21 Å². The van der Waals surface area contributed by atoms with E-state index in [2.05, 4.69) is 0 Å². The molecule has 0 saturated heterocycles. The topological polar surface area (TPSA) is 43.1 Å². The van der Waals surface area contributed by atoms with Crippen LogP contribution in [0.3, 0.4) is 0 Å². The highest BCUT2D eigenvalue weighted by molar-refractivity contribution is 7.85. The minimum Gasteiger partial charge on any atom is -0.325 e. The Morgan fingerprint density at radius 1 is 1.33 bits per heavy atom. The molecule has 2 aliphatic carbocycles. The van der Waals surface area contributed by atoms with Gasteiger partial charge in [0, 0.05) is 27.8 Å². The molecule has 3 heteroatoms. The zero-order valence-electron chi connectivity index (χ0n) is 9.87. The van der Waals surface area contributed by atoms with Gasteiger partial charge in [-0.2, -0.15) is 0 Å². The van der Waals surface area contributed by atoms with Crippen LogP contribution in [0.2, 0.25) is 0 Å². The molecule has 2 fully saturated rings. The summed E-state index contributed by atoms with van der Waals surface area (Å²) in [5, 5.41) is 0. The van der Waals surface area contributed by atoms with Gasteiger partial charge in [-0.25, -0.2) is 0 Å². The summed E-state index contributed by atoms with van der Waals surface area (Å²) in [6, 6.07) is 0. The van der Waals surface area contributed by atoms with Crippen molar-refractivity contribution in [3.05, 3.63) is 0 Å². The quantitative estimate of drug-likeness (QED) is 0.800. The van der Waals surface area contributed by atoms with Crippen LogP contribution in [0.5, 0.6) is 0 Å². The highest BCUT2D eigenvalue weighted by atomic mass is 32.2. The Morgan fingerprint density at radius 2 is 2.07 bits per heavy atom. The van der Waals surface area contributed by atoms with Gasteiger partial charge in [-0.1, -0.05) is 6.42 Å². The molecule has 0 aromatic carbocycles. The monoisotopic (exact) mass is 229 g/mol. The van der Waals surface area contributed by atoms with Gasteiger partial charge in [-0.3, -0.25) is 4.21 Å². The van der Waals surface area contributed by atoms with Crippen LogP contribution in [0, 0.1) is 17.8 Å². The van der Waals surface area contributed by atoms with Gasteiger partial charge in [0.15, 0.2) is 0 Å². The van der Waals surface area contributed by atoms with Crippen LogP contribution in [0.4, 0.5) is 0 Å². The highest BCUT2D eigenvalue weighted by Crippen LogP contribution is 2.48. The largest absolute Gasteiger partial charge is 0.325 e. The summed E-state index contributed by atoms with van der Waals surface area (Å²) in [4.78, 5) is 0. The van der Waals surface area contributed by atoms with E-state index in [1.807, 2.05) is 13.8 Å². The average molecular weight is 229 g/mol. The molecule has 0 heterocycles. The van der Waals surface area contributed by atoms with Crippen LogP contribution in [-0.4, -0.2) is 21.3 Å². The number of fused-ring (bicyclic) bond motifs is 2. The summed E-state index contributed by atoms with van der Waals surface area (Å²) in [7, 11) is -0.706. The second-order valence-corrected chi connectivity index (χ2v) is 7.68. The molecule has 2 nitrogen and oxygen atoms in total. The lowest BCUT2D eigenvalue weighted by molar-refractivity contribution is 0.363. The third-order valence-electron chi connectivity index (χ3n) is 3.82. The number of hydrogen-bond donors (Lipinski definition) is 1. The molecular weight excluding hydrogens is 206 g/mol. The fourth-order valence-corrected chi connectivity index (χ4v) is 5.13. The van der Waals surface area contributed by atoms with Gasteiger partial charge in [0.05, 0.1) is 0 Å². The molecule has 88 valence electrons. The van der Waals surface area contributed by atoms with Crippen molar-refractivity contribution in [1.82, 2.24) is 0 Å². The summed E-state index contributed by atoms with van der Waals surface area (Å²) < 4.78 is 11.9. The van der Waals surface area contributed by atoms with E-state index in [1.54, 1.807) is 0 Å². The molecule has 2 aliphatic rings. The van der Waals surface area contributed by atoms with Crippen molar-refractivity contribution in [3.63, 3.8) is 0 Å². The molecule has 0 aromatic heterocycles. The van der Waals surface area contributed by atoms with E-state index < -0.39 is 10.8 Å². The Kier molecular flexibility index (Phi) is 3.22. The normalized spacial score (nSPS) is 37.1. The standard InChI is InChI=1S/C12H23NOS/c1-12(2,13)8-15(14)7-11-6-9-3-4-10(11)5-9/h9-11H,3-8,13H2,1-2H3. The Hall–Kier alpha value is 0.110. The van der Waals surface area contributed by atoms with Crippen molar-refractivity contribution in [2.75, 3.05) is 11.5 Å². The smallest absolute Gasteiger partial charge is 0.0410 e. The van der Waals surface area contributed by atoms with Crippen LogP contribution < -0.4 is 5.73 Å². The highest BCUT2D eigenvalue weighted by Gasteiger charge is 2.40. The summed E-state index contributed by atoms with van der Waals surface area (Å²) >= 11 is 0. The zero-order chi connectivity index (χ0) is 11.1. The maximum Gasteiger partial charge on any atom is 0.0410 e.